The highest BCUT2D eigenvalue weighted by atomic mass is 14.0. The third kappa shape index (κ3) is 3.06. The number of rotatable bonds is 3. The molecule has 0 nitrogen and oxygen atoms in total. The zero-order chi connectivity index (χ0) is 9.84. The van der Waals surface area contributed by atoms with Crippen molar-refractivity contribution in [2.24, 2.45) is 0 Å². The average Bonchev–Trinajstić information content (AvgIpc) is 2.06. The van der Waals surface area contributed by atoms with Crippen LogP contribution in [0.3, 0.4) is 0 Å². The molecule has 0 atom stereocenters. The second-order valence-corrected chi connectivity index (χ2v) is 3.89. The van der Waals surface area contributed by atoms with Crippen LogP contribution < -0.4 is 0 Å². The maximum atomic E-state index is 3.92. The van der Waals surface area contributed by atoms with Crippen LogP contribution in [0, 0.1) is 13.8 Å². The molecule has 1 rings (SSSR count). The summed E-state index contributed by atoms with van der Waals surface area (Å²) >= 11 is 0. The number of hydrogen-bond acceptors (Lipinski definition) is 0. The molecule has 0 aliphatic heterocycles. The fourth-order valence-corrected chi connectivity index (χ4v) is 1.42. The van der Waals surface area contributed by atoms with Crippen molar-refractivity contribution in [1.29, 1.82) is 0 Å². The molecule has 0 spiro atoms. The van der Waals surface area contributed by atoms with E-state index in [1.807, 2.05) is 0 Å². The Hall–Kier alpha value is -1.04. The fraction of sp³-hybridized carbons (Fsp3) is 0.385. The van der Waals surface area contributed by atoms with Gasteiger partial charge in [-0.15, -0.1) is 6.58 Å². The molecule has 0 fully saturated rings. The Balaban J connectivity index is 2.75. The largest absolute Gasteiger partial charge is 0.100 e. The topological polar surface area (TPSA) is 0 Å². The standard InChI is InChI=1S/C13H18/c1-10(2)5-8-13-9-11(3)6-7-12(13)4/h6-7,9H,1,5,8H2,2-4H3. The average molecular weight is 174 g/mol. The summed E-state index contributed by atoms with van der Waals surface area (Å²) in [6.07, 6.45) is 2.23. The van der Waals surface area contributed by atoms with E-state index in [0.717, 1.165) is 12.8 Å². The molecule has 13 heavy (non-hydrogen) atoms. The van der Waals surface area contributed by atoms with Crippen LogP contribution in [0.1, 0.15) is 30.0 Å². The Morgan fingerprint density at radius 3 is 2.62 bits per heavy atom. The van der Waals surface area contributed by atoms with E-state index in [2.05, 4.69) is 45.5 Å². The summed E-state index contributed by atoms with van der Waals surface area (Å²) in [6.45, 7) is 10.3. The van der Waals surface area contributed by atoms with Gasteiger partial charge >= 0.3 is 0 Å². The zero-order valence-electron chi connectivity index (χ0n) is 8.85. The van der Waals surface area contributed by atoms with Gasteiger partial charge in [-0.25, -0.2) is 0 Å². The Bertz CT molecular complexity index is 308. The van der Waals surface area contributed by atoms with Crippen molar-refractivity contribution < 1.29 is 0 Å². The lowest BCUT2D eigenvalue weighted by atomic mass is 10.00. The van der Waals surface area contributed by atoms with Crippen molar-refractivity contribution in [3.8, 4) is 0 Å². The minimum atomic E-state index is 1.10. The summed E-state index contributed by atoms with van der Waals surface area (Å²) in [5.41, 5.74) is 5.47. The lowest BCUT2D eigenvalue weighted by Crippen LogP contribution is -1.91. The van der Waals surface area contributed by atoms with E-state index in [0.29, 0.717) is 0 Å². The molecule has 0 bridgehead atoms. The molecule has 0 heterocycles. The molecule has 1 aromatic rings. The van der Waals surface area contributed by atoms with E-state index in [-0.39, 0.29) is 0 Å². The van der Waals surface area contributed by atoms with Crippen LogP contribution in [0.15, 0.2) is 30.4 Å². The summed E-state index contributed by atoms with van der Waals surface area (Å²) in [4.78, 5) is 0. The normalized spacial score (nSPS) is 10.1. The maximum absolute atomic E-state index is 3.92. The number of aryl methyl sites for hydroxylation is 3. The van der Waals surface area contributed by atoms with E-state index in [1.54, 1.807) is 0 Å². The molecule has 0 radical (unpaired) electrons. The summed E-state index contributed by atoms with van der Waals surface area (Å²) in [6, 6.07) is 6.64. The van der Waals surface area contributed by atoms with Gasteiger partial charge in [-0.3, -0.25) is 0 Å². The van der Waals surface area contributed by atoms with E-state index >= 15 is 0 Å². The van der Waals surface area contributed by atoms with Crippen LogP contribution in [0.5, 0.6) is 0 Å². The fourth-order valence-electron chi connectivity index (χ4n) is 1.42. The van der Waals surface area contributed by atoms with Crippen LogP contribution in [0.4, 0.5) is 0 Å². The van der Waals surface area contributed by atoms with Gasteiger partial charge in [-0.1, -0.05) is 29.3 Å². The third-order valence-electron chi connectivity index (χ3n) is 2.33. The minimum Gasteiger partial charge on any atom is -0.100 e. The highest BCUT2D eigenvalue weighted by Gasteiger charge is 1.98. The van der Waals surface area contributed by atoms with Crippen LogP contribution >= 0.6 is 0 Å². The lowest BCUT2D eigenvalue weighted by Gasteiger charge is -2.06. The van der Waals surface area contributed by atoms with Gasteiger partial charge in [0.05, 0.1) is 0 Å². The van der Waals surface area contributed by atoms with Crippen molar-refractivity contribution in [3.05, 3.63) is 47.0 Å². The molecule has 70 valence electrons. The SMILES string of the molecule is C=C(C)CCc1cc(C)ccc1C. The quantitative estimate of drug-likeness (QED) is 0.611. The molecule has 0 aliphatic rings. The van der Waals surface area contributed by atoms with Gasteiger partial charge in [0.15, 0.2) is 0 Å². The zero-order valence-corrected chi connectivity index (χ0v) is 8.85. The van der Waals surface area contributed by atoms with Gasteiger partial charge in [0, 0.05) is 0 Å². The minimum absolute atomic E-state index is 1.10. The Morgan fingerprint density at radius 2 is 2.00 bits per heavy atom. The number of benzene rings is 1. The van der Waals surface area contributed by atoms with Crippen LogP contribution in [0.25, 0.3) is 0 Å². The summed E-state index contributed by atoms with van der Waals surface area (Å²) < 4.78 is 0. The Kier molecular flexibility index (Phi) is 3.30. The molecule has 0 saturated heterocycles. The van der Waals surface area contributed by atoms with Gasteiger partial charge < -0.3 is 0 Å². The first-order valence-corrected chi connectivity index (χ1v) is 4.80. The highest BCUT2D eigenvalue weighted by molar-refractivity contribution is 5.30. The first-order chi connectivity index (χ1) is 6.09. The molecule has 0 heteroatoms. The highest BCUT2D eigenvalue weighted by Crippen LogP contribution is 2.14. The lowest BCUT2D eigenvalue weighted by molar-refractivity contribution is 0.934. The smallest absolute Gasteiger partial charge is 0.0239 e. The first-order valence-electron chi connectivity index (χ1n) is 4.80. The van der Waals surface area contributed by atoms with E-state index in [4.69, 9.17) is 0 Å². The Morgan fingerprint density at radius 1 is 1.31 bits per heavy atom. The molecular formula is C13H18. The predicted octanol–water partition coefficient (Wildman–Crippen LogP) is 3.81. The summed E-state index contributed by atoms with van der Waals surface area (Å²) in [5.74, 6) is 0. The van der Waals surface area contributed by atoms with Gasteiger partial charge in [0.25, 0.3) is 0 Å². The van der Waals surface area contributed by atoms with Gasteiger partial charge in [0.2, 0.25) is 0 Å². The molecule has 1 aromatic carbocycles. The summed E-state index contributed by atoms with van der Waals surface area (Å²) in [5, 5.41) is 0. The second-order valence-electron chi connectivity index (χ2n) is 3.89. The van der Waals surface area contributed by atoms with Crippen molar-refractivity contribution in [3.63, 3.8) is 0 Å². The van der Waals surface area contributed by atoms with E-state index in [9.17, 15) is 0 Å². The predicted molar refractivity (Wildman–Crippen MR) is 59.1 cm³/mol. The van der Waals surface area contributed by atoms with Gasteiger partial charge in [-0.2, -0.15) is 0 Å². The third-order valence-corrected chi connectivity index (χ3v) is 2.33. The van der Waals surface area contributed by atoms with E-state index < -0.39 is 0 Å². The Labute approximate surface area is 81.3 Å². The van der Waals surface area contributed by atoms with Gasteiger partial charge in [0.1, 0.15) is 0 Å². The van der Waals surface area contributed by atoms with Crippen LogP contribution in [-0.2, 0) is 6.42 Å². The van der Waals surface area contributed by atoms with Crippen LogP contribution in [0.2, 0.25) is 0 Å². The molecule has 0 saturated carbocycles. The molecule has 0 N–H and O–H groups in total. The summed E-state index contributed by atoms with van der Waals surface area (Å²) in [7, 11) is 0. The van der Waals surface area contributed by atoms with Crippen LogP contribution in [-0.4, -0.2) is 0 Å². The van der Waals surface area contributed by atoms with Crippen molar-refractivity contribution >= 4 is 0 Å². The monoisotopic (exact) mass is 174 g/mol. The second kappa shape index (κ2) is 4.27. The molecule has 0 aliphatic carbocycles. The first kappa shape index (κ1) is 10.0. The maximum Gasteiger partial charge on any atom is -0.0239 e. The molecular weight excluding hydrogens is 156 g/mol. The van der Waals surface area contributed by atoms with Crippen molar-refractivity contribution in [1.82, 2.24) is 0 Å². The van der Waals surface area contributed by atoms with Gasteiger partial charge in [-0.05, 0) is 44.7 Å². The molecule has 0 unspecified atom stereocenters. The van der Waals surface area contributed by atoms with E-state index in [1.165, 1.54) is 22.3 Å². The molecule has 0 amide bonds. The van der Waals surface area contributed by atoms with Crippen molar-refractivity contribution in [2.45, 2.75) is 33.6 Å². The number of allylic oxidation sites excluding steroid dienone is 1. The molecule has 0 aromatic heterocycles. The number of hydrogen-bond donors (Lipinski definition) is 0. The van der Waals surface area contributed by atoms with Crippen molar-refractivity contribution in [2.75, 3.05) is 0 Å².